The number of ether oxygens (including phenoxy) is 1. The highest BCUT2D eigenvalue weighted by Crippen LogP contribution is 2.11. The Labute approximate surface area is 111 Å². The molecule has 0 saturated heterocycles. The maximum atomic E-state index is 11.0. The highest BCUT2D eigenvalue weighted by Gasteiger charge is 1.96. The molecule has 102 valence electrons. The van der Waals surface area contributed by atoms with Gasteiger partial charge in [0.2, 0.25) is 0 Å². The molecule has 0 rings (SSSR count). The number of allylic oxidation sites excluding steroid dienone is 5. The predicted molar refractivity (Wildman–Crippen MR) is 77.4 cm³/mol. The van der Waals surface area contributed by atoms with Crippen LogP contribution in [0.3, 0.4) is 0 Å². The van der Waals surface area contributed by atoms with E-state index in [2.05, 4.69) is 37.7 Å². The summed E-state index contributed by atoms with van der Waals surface area (Å²) < 4.78 is 4.59. The van der Waals surface area contributed by atoms with Crippen LogP contribution in [0.5, 0.6) is 0 Å². The van der Waals surface area contributed by atoms with Crippen LogP contribution in [0, 0.1) is 0 Å². The topological polar surface area (TPSA) is 26.3 Å². The summed E-state index contributed by atoms with van der Waals surface area (Å²) in [7, 11) is 1.40. The second kappa shape index (κ2) is 9.69. The van der Waals surface area contributed by atoms with E-state index in [1.807, 2.05) is 6.92 Å². The van der Waals surface area contributed by atoms with Crippen LogP contribution in [-0.2, 0) is 9.53 Å². The lowest BCUT2D eigenvalue weighted by Gasteiger charge is -2.01. The fourth-order valence-electron chi connectivity index (χ4n) is 1.57. The summed E-state index contributed by atoms with van der Waals surface area (Å²) in [5.74, 6) is -0.267. The van der Waals surface area contributed by atoms with Gasteiger partial charge in [0.15, 0.2) is 0 Å². The third-order valence-corrected chi connectivity index (χ3v) is 2.69. The van der Waals surface area contributed by atoms with Crippen LogP contribution in [0.2, 0.25) is 0 Å². The lowest BCUT2D eigenvalue weighted by Crippen LogP contribution is -1.95. The van der Waals surface area contributed by atoms with Crippen molar-refractivity contribution in [2.24, 2.45) is 0 Å². The van der Waals surface area contributed by atoms with E-state index in [4.69, 9.17) is 0 Å². The zero-order valence-electron chi connectivity index (χ0n) is 12.4. The van der Waals surface area contributed by atoms with Gasteiger partial charge in [-0.05, 0) is 53.4 Å². The number of methoxy groups -OCH3 is 1. The normalized spacial score (nSPS) is 12.3. The molecule has 0 aromatic carbocycles. The first-order valence-corrected chi connectivity index (χ1v) is 6.49. The van der Waals surface area contributed by atoms with E-state index >= 15 is 0 Å². The van der Waals surface area contributed by atoms with Gasteiger partial charge >= 0.3 is 5.97 Å². The second-order valence-corrected chi connectivity index (χ2v) is 4.92. The van der Waals surface area contributed by atoms with Crippen molar-refractivity contribution in [1.29, 1.82) is 0 Å². The Bertz CT molecular complexity index is 342. The first-order chi connectivity index (χ1) is 8.45. The van der Waals surface area contributed by atoms with E-state index in [1.54, 1.807) is 6.08 Å². The molecule has 0 aromatic rings. The van der Waals surface area contributed by atoms with Crippen molar-refractivity contribution in [1.82, 2.24) is 0 Å². The number of hydrogen-bond donors (Lipinski definition) is 0. The molecule has 0 spiro atoms. The Kier molecular flexibility index (Phi) is 8.99. The quantitative estimate of drug-likeness (QED) is 0.375. The molecule has 0 atom stereocenters. The number of carbonyl (C=O) groups is 1. The predicted octanol–water partition coefficient (Wildman–Crippen LogP) is 4.58. The summed E-state index contributed by atoms with van der Waals surface area (Å²) in [4.78, 5) is 11.0. The first-order valence-electron chi connectivity index (χ1n) is 6.49. The van der Waals surface area contributed by atoms with Gasteiger partial charge in [-0.2, -0.15) is 0 Å². The lowest BCUT2D eigenvalue weighted by molar-refractivity contribution is -0.134. The molecule has 0 fully saturated rings. The van der Waals surface area contributed by atoms with Crippen molar-refractivity contribution in [3.63, 3.8) is 0 Å². The summed E-state index contributed by atoms with van der Waals surface area (Å²) in [6.07, 6.45) is 10.2. The van der Waals surface area contributed by atoms with Crippen LogP contribution in [0.25, 0.3) is 0 Å². The third kappa shape index (κ3) is 9.88. The summed E-state index contributed by atoms with van der Waals surface area (Å²) >= 11 is 0. The number of carbonyl (C=O) groups excluding carboxylic acids is 1. The number of esters is 1. The van der Waals surface area contributed by atoms with E-state index in [9.17, 15) is 4.79 Å². The molecule has 18 heavy (non-hydrogen) atoms. The molecule has 0 amide bonds. The largest absolute Gasteiger partial charge is 0.466 e. The van der Waals surface area contributed by atoms with Crippen molar-refractivity contribution in [2.45, 2.75) is 53.4 Å². The van der Waals surface area contributed by atoms with E-state index < -0.39 is 0 Å². The molecule has 0 bridgehead atoms. The Hall–Kier alpha value is -1.31. The first kappa shape index (κ1) is 16.7. The van der Waals surface area contributed by atoms with Crippen LogP contribution in [0.1, 0.15) is 53.4 Å². The van der Waals surface area contributed by atoms with Crippen molar-refractivity contribution in [2.75, 3.05) is 7.11 Å². The second-order valence-electron chi connectivity index (χ2n) is 4.92. The minimum Gasteiger partial charge on any atom is -0.466 e. The number of rotatable bonds is 7. The highest BCUT2D eigenvalue weighted by molar-refractivity contribution is 5.82. The SMILES string of the molecule is COC(=O)/C=C(/C)CC/C=C(\C)CCC=C(C)C. The van der Waals surface area contributed by atoms with E-state index in [-0.39, 0.29) is 5.97 Å². The molecule has 0 aliphatic rings. The van der Waals surface area contributed by atoms with E-state index in [0.717, 1.165) is 31.3 Å². The van der Waals surface area contributed by atoms with Gasteiger partial charge in [0.05, 0.1) is 7.11 Å². The van der Waals surface area contributed by atoms with Crippen molar-refractivity contribution in [3.8, 4) is 0 Å². The zero-order valence-corrected chi connectivity index (χ0v) is 12.4. The molecular formula is C16H26O2. The molecule has 0 aliphatic heterocycles. The number of hydrogen-bond acceptors (Lipinski definition) is 2. The maximum Gasteiger partial charge on any atom is 0.330 e. The molecule has 0 unspecified atom stereocenters. The summed E-state index contributed by atoms with van der Waals surface area (Å²) in [5, 5.41) is 0. The van der Waals surface area contributed by atoms with Crippen LogP contribution in [0.4, 0.5) is 0 Å². The van der Waals surface area contributed by atoms with Crippen LogP contribution < -0.4 is 0 Å². The van der Waals surface area contributed by atoms with Gasteiger partial charge in [0.1, 0.15) is 0 Å². The molecule has 0 heterocycles. The Morgan fingerprint density at radius 2 is 1.50 bits per heavy atom. The summed E-state index contributed by atoms with van der Waals surface area (Å²) in [6, 6.07) is 0. The Balaban J connectivity index is 3.97. The van der Waals surface area contributed by atoms with Gasteiger partial charge in [-0.15, -0.1) is 0 Å². The smallest absolute Gasteiger partial charge is 0.330 e. The summed E-state index contributed by atoms with van der Waals surface area (Å²) in [5.41, 5.74) is 3.85. The lowest BCUT2D eigenvalue weighted by atomic mass is 10.1. The van der Waals surface area contributed by atoms with Gasteiger partial charge in [-0.3, -0.25) is 0 Å². The maximum absolute atomic E-state index is 11.0. The van der Waals surface area contributed by atoms with E-state index in [0.29, 0.717) is 0 Å². The highest BCUT2D eigenvalue weighted by atomic mass is 16.5. The molecule has 0 N–H and O–H groups in total. The Morgan fingerprint density at radius 3 is 2.06 bits per heavy atom. The zero-order chi connectivity index (χ0) is 14.0. The van der Waals surface area contributed by atoms with Crippen LogP contribution >= 0.6 is 0 Å². The van der Waals surface area contributed by atoms with Gasteiger partial charge < -0.3 is 4.74 Å². The summed E-state index contributed by atoms with van der Waals surface area (Å²) in [6.45, 7) is 8.38. The van der Waals surface area contributed by atoms with Crippen molar-refractivity contribution in [3.05, 3.63) is 34.9 Å². The molecule has 2 nitrogen and oxygen atoms in total. The average molecular weight is 250 g/mol. The average Bonchev–Trinajstić information content (AvgIpc) is 2.28. The molecular weight excluding hydrogens is 224 g/mol. The third-order valence-electron chi connectivity index (χ3n) is 2.69. The molecule has 0 aromatic heterocycles. The monoisotopic (exact) mass is 250 g/mol. The van der Waals surface area contributed by atoms with Gasteiger partial charge in [-0.1, -0.05) is 28.9 Å². The standard InChI is InChI=1S/C16H26O2/c1-13(2)8-6-9-14(3)10-7-11-15(4)12-16(17)18-5/h8,10,12H,6-7,9,11H2,1-5H3/b14-10+,15-12-. The van der Waals surface area contributed by atoms with Gasteiger partial charge in [0.25, 0.3) is 0 Å². The van der Waals surface area contributed by atoms with Crippen LogP contribution in [-0.4, -0.2) is 13.1 Å². The van der Waals surface area contributed by atoms with E-state index in [1.165, 1.54) is 18.3 Å². The van der Waals surface area contributed by atoms with Gasteiger partial charge in [0, 0.05) is 6.08 Å². The Morgan fingerprint density at radius 1 is 0.944 bits per heavy atom. The van der Waals surface area contributed by atoms with Crippen molar-refractivity contribution < 1.29 is 9.53 Å². The fraction of sp³-hybridized carbons (Fsp3) is 0.562. The molecule has 2 heteroatoms. The fourth-order valence-corrected chi connectivity index (χ4v) is 1.57. The van der Waals surface area contributed by atoms with Crippen molar-refractivity contribution >= 4 is 5.97 Å². The molecule has 0 saturated carbocycles. The van der Waals surface area contributed by atoms with Crippen LogP contribution in [0.15, 0.2) is 34.9 Å². The minimum absolute atomic E-state index is 0.267. The van der Waals surface area contributed by atoms with Gasteiger partial charge in [-0.25, -0.2) is 4.79 Å². The molecule has 0 radical (unpaired) electrons. The minimum atomic E-state index is -0.267. The molecule has 0 aliphatic carbocycles.